The van der Waals surface area contributed by atoms with E-state index in [4.69, 9.17) is 4.84 Å². The lowest BCUT2D eigenvalue weighted by Crippen LogP contribution is -3.00. The third-order valence-corrected chi connectivity index (χ3v) is 5.77. The molecule has 180 valence electrons. The van der Waals surface area contributed by atoms with Gasteiger partial charge in [0.1, 0.15) is 13.2 Å². The van der Waals surface area contributed by atoms with Crippen LogP contribution < -0.4 is 34.0 Å². The van der Waals surface area contributed by atoms with Crippen molar-refractivity contribution in [3.8, 4) is 0 Å². The molecule has 0 N–H and O–H groups in total. The number of hydroxylamine groups is 3. The summed E-state index contributed by atoms with van der Waals surface area (Å²) in [5, 5.41) is 0. The van der Waals surface area contributed by atoms with Crippen LogP contribution in [0.4, 0.5) is 0 Å². The number of rotatable bonds is 20. The summed E-state index contributed by atoms with van der Waals surface area (Å²) in [6.07, 6.45) is 19.0. The lowest BCUT2D eigenvalue weighted by molar-refractivity contribution is -1.08. The minimum Gasteiger partial charge on any atom is -1.00 e. The van der Waals surface area contributed by atoms with E-state index in [-0.39, 0.29) is 34.0 Å². The smallest absolute Gasteiger partial charge is 0.108 e. The summed E-state index contributed by atoms with van der Waals surface area (Å²) in [5.41, 5.74) is 0. The van der Waals surface area contributed by atoms with Crippen LogP contribution in [-0.2, 0) is 4.84 Å². The molecular formula is C24H54Br2N2O. The summed E-state index contributed by atoms with van der Waals surface area (Å²) in [6, 6.07) is 0. The van der Waals surface area contributed by atoms with Crippen LogP contribution in [0.2, 0.25) is 0 Å². The van der Waals surface area contributed by atoms with Crippen LogP contribution >= 0.6 is 0 Å². The van der Waals surface area contributed by atoms with Crippen molar-refractivity contribution in [3.05, 3.63) is 0 Å². The normalized spacial score (nSPS) is 11.8. The van der Waals surface area contributed by atoms with Gasteiger partial charge in [0, 0.05) is 0 Å². The van der Waals surface area contributed by atoms with E-state index in [1.807, 2.05) is 0 Å². The molecule has 0 saturated carbocycles. The fourth-order valence-electron chi connectivity index (χ4n) is 3.72. The van der Waals surface area contributed by atoms with Crippen molar-refractivity contribution in [1.82, 2.24) is 0 Å². The quantitative estimate of drug-likeness (QED) is 0.123. The van der Waals surface area contributed by atoms with Gasteiger partial charge in [-0.3, -0.25) is 0 Å². The van der Waals surface area contributed by atoms with Gasteiger partial charge >= 0.3 is 0 Å². The topological polar surface area (TPSA) is 9.23 Å². The lowest BCUT2D eigenvalue weighted by atomic mass is 10.1. The first kappa shape index (κ1) is 34.5. The van der Waals surface area contributed by atoms with E-state index >= 15 is 0 Å². The molecule has 0 saturated heterocycles. The molecule has 0 amide bonds. The van der Waals surface area contributed by atoms with Crippen molar-refractivity contribution >= 4 is 0 Å². The molecule has 0 unspecified atom stereocenters. The van der Waals surface area contributed by atoms with Gasteiger partial charge in [-0.2, -0.15) is 4.65 Å². The van der Waals surface area contributed by atoms with Gasteiger partial charge in [0.15, 0.2) is 0 Å². The number of hydrogen-bond donors (Lipinski definition) is 0. The monoisotopic (exact) mass is 544 g/mol. The Morgan fingerprint density at radius 1 is 0.483 bits per heavy atom. The molecule has 0 radical (unpaired) electrons. The largest absolute Gasteiger partial charge is 1.00 e. The molecule has 0 rings (SSSR count). The Labute approximate surface area is 205 Å². The minimum atomic E-state index is 0. The highest BCUT2D eigenvalue weighted by atomic mass is 79.9. The highest BCUT2D eigenvalue weighted by Crippen LogP contribution is 2.11. The maximum absolute atomic E-state index is 6.14. The summed E-state index contributed by atoms with van der Waals surface area (Å²) in [6.45, 7) is 9.22. The van der Waals surface area contributed by atoms with Crippen LogP contribution in [0.1, 0.15) is 104 Å². The summed E-state index contributed by atoms with van der Waals surface area (Å²) in [7, 11) is 9.21. The van der Waals surface area contributed by atoms with E-state index < -0.39 is 0 Å². The maximum Gasteiger partial charge on any atom is 0.108 e. The molecule has 0 aromatic rings. The first-order chi connectivity index (χ1) is 12.8. The van der Waals surface area contributed by atoms with E-state index in [1.165, 1.54) is 107 Å². The molecule has 0 spiro atoms. The highest BCUT2D eigenvalue weighted by molar-refractivity contribution is 4.46. The lowest BCUT2D eigenvalue weighted by Gasteiger charge is -2.30. The second-order valence-corrected chi connectivity index (χ2v) is 9.76. The Hall–Kier alpha value is 0.840. The van der Waals surface area contributed by atoms with Gasteiger partial charge in [-0.15, -0.1) is 0 Å². The fourth-order valence-corrected chi connectivity index (χ4v) is 3.72. The molecule has 0 aromatic heterocycles. The molecule has 3 nitrogen and oxygen atoms in total. The Kier molecular flexibility index (Phi) is 26.2. The average molecular weight is 547 g/mol. The van der Waals surface area contributed by atoms with Gasteiger partial charge in [0.05, 0.1) is 41.3 Å². The highest BCUT2D eigenvalue weighted by Gasteiger charge is 2.17. The molecule has 0 heterocycles. The number of unbranched alkanes of at least 4 members (excludes halogenated alkanes) is 11. The summed E-state index contributed by atoms with van der Waals surface area (Å²) in [4.78, 5) is 6.14. The Bertz CT molecular complexity index is 296. The minimum absolute atomic E-state index is 0. The molecule has 0 aliphatic heterocycles. The first-order valence-electron chi connectivity index (χ1n) is 12.1. The third kappa shape index (κ3) is 25.0. The molecule has 5 heteroatoms. The molecule has 0 aliphatic rings. The molecule has 0 atom stereocenters. The first-order valence-corrected chi connectivity index (χ1v) is 12.1. The van der Waals surface area contributed by atoms with Crippen LogP contribution in [0, 0.1) is 0 Å². The molecular weight excluding hydrogens is 492 g/mol. The SMILES string of the molecule is CCCCCCCC[N+](C)(C)CCCCO[N+](C)(C)CCCCCCCC.[Br-].[Br-]. The van der Waals surface area contributed by atoms with Gasteiger partial charge < -0.3 is 38.4 Å². The zero-order valence-electron chi connectivity index (χ0n) is 20.8. The zero-order valence-corrected chi connectivity index (χ0v) is 24.0. The van der Waals surface area contributed by atoms with E-state index in [0.29, 0.717) is 0 Å². The number of quaternary nitrogens is 2. The molecule has 29 heavy (non-hydrogen) atoms. The van der Waals surface area contributed by atoms with Gasteiger partial charge in [0.2, 0.25) is 0 Å². The van der Waals surface area contributed by atoms with Crippen LogP contribution in [0.3, 0.4) is 0 Å². The predicted octanol–water partition coefficient (Wildman–Crippen LogP) is 0.580. The summed E-state index contributed by atoms with van der Waals surface area (Å²) in [5.74, 6) is 0. The van der Waals surface area contributed by atoms with Crippen LogP contribution in [-0.4, -0.2) is 63.6 Å². The third-order valence-electron chi connectivity index (χ3n) is 5.77. The van der Waals surface area contributed by atoms with Gasteiger partial charge in [-0.1, -0.05) is 65.2 Å². The van der Waals surface area contributed by atoms with Crippen LogP contribution in [0.15, 0.2) is 0 Å². The van der Waals surface area contributed by atoms with E-state index in [9.17, 15) is 0 Å². The van der Waals surface area contributed by atoms with Gasteiger partial charge in [0.25, 0.3) is 0 Å². The van der Waals surface area contributed by atoms with Crippen LogP contribution in [0.25, 0.3) is 0 Å². The van der Waals surface area contributed by atoms with Crippen LogP contribution in [0.5, 0.6) is 0 Å². The Morgan fingerprint density at radius 3 is 1.34 bits per heavy atom. The van der Waals surface area contributed by atoms with Crippen molar-refractivity contribution in [3.63, 3.8) is 0 Å². The number of halogens is 2. The maximum atomic E-state index is 6.14. The van der Waals surface area contributed by atoms with E-state index in [0.717, 1.165) is 17.8 Å². The second kappa shape index (κ2) is 22.0. The van der Waals surface area contributed by atoms with E-state index in [1.54, 1.807) is 0 Å². The fraction of sp³-hybridized carbons (Fsp3) is 1.00. The molecule has 0 aromatic carbocycles. The standard InChI is InChI=1S/C24H54N2O.2BrH/c1-7-9-11-13-15-17-21-25(3,4)22-19-20-24-27-26(5,6)23-18-16-14-12-10-8-2;;/h7-24H2,1-6H3;2*1H/q+2;;/p-2. The van der Waals surface area contributed by atoms with E-state index in [2.05, 4.69) is 42.0 Å². The number of hydrogen-bond acceptors (Lipinski definition) is 1. The molecule has 0 bridgehead atoms. The van der Waals surface area contributed by atoms with Crippen molar-refractivity contribution in [2.45, 2.75) is 104 Å². The summed E-state index contributed by atoms with van der Waals surface area (Å²) >= 11 is 0. The van der Waals surface area contributed by atoms with Crippen molar-refractivity contribution in [2.24, 2.45) is 0 Å². The van der Waals surface area contributed by atoms with Gasteiger partial charge in [-0.25, -0.2) is 4.84 Å². The zero-order chi connectivity index (χ0) is 20.4. The van der Waals surface area contributed by atoms with Gasteiger partial charge in [-0.05, 0) is 38.5 Å². The molecule has 0 aliphatic carbocycles. The second-order valence-electron chi connectivity index (χ2n) is 9.76. The average Bonchev–Trinajstić information content (AvgIpc) is 2.60. The Balaban J connectivity index is -0.00000338. The van der Waals surface area contributed by atoms with Crippen molar-refractivity contribution in [2.75, 3.05) is 54.4 Å². The number of nitrogens with zero attached hydrogens (tertiary/aromatic N) is 2. The predicted molar refractivity (Wildman–Crippen MR) is 121 cm³/mol. The molecule has 0 fully saturated rings. The van der Waals surface area contributed by atoms with Crippen molar-refractivity contribution in [1.29, 1.82) is 0 Å². The Morgan fingerprint density at radius 2 is 0.862 bits per heavy atom. The van der Waals surface area contributed by atoms with Crippen molar-refractivity contribution < 1.29 is 47.9 Å². The summed E-state index contributed by atoms with van der Waals surface area (Å²) < 4.78 is 1.90.